The average molecular weight is 398 g/mol. The molecule has 0 atom stereocenters. The van der Waals surface area contributed by atoms with Gasteiger partial charge in [-0.15, -0.1) is 0 Å². The Labute approximate surface area is 156 Å². The van der Waals surface area contributed by atoms with Gasteiger partial charge in [-0.05, 0) is 60.2 Å². The van der Waals surface area contributed by atoms with Crippen molar-refractivity contribution < 1.29 is 22.8 Å². The van der Waals surface area contributed by atoms with Crippen molar-refractivity contribution in [1.82, 2.24) is 0 Å². The van der Waals surface area contributed by atoms with E-state index in [1.165, 1.54) is 6.07 Å². The van der Waals surface area contributed by atoms with Crippen LogP contribution in [0.3, 0.4) is 0 Å². The molecule has 1 heterocycles. The standard InChI is InChI=1S/C18H11ClF3NO2S/c1-10(11-5-7-13(19)8-6-11)15-16(24)23(17(25)26-15)14-4-2-3-12(9-14)18(20,21)22/h2-9H,1H3/b15-10-. The molecule has 0 unspecified atom stereocenters. The van der Waals surface area contributed by atoms with Crippen molar-refractivity contribution in [2.45, 2.75) is 13.1 Å². The largest absolute Gasteiger partial charge is 0.416 e. The van der Waals surface area contributed by atoms with Crippen LogP contribution in [0.15, 0.2) is 53.4 Å². The topological polar surface area (TPSA) is 37.4 Å². The van der Waals surface area contributed by atoms with E-state index in [0.717, 1.165) is 23.1 Å². The first kappa shape index (κ1) is 18.5. The van der Waals surface area contributed by atoms with Gasteiger partial charge in [0.15, 0.2) is 0 Å². The Balaban J connectivity index is 2.00. The summed E-state index contributed by atoms with van der Waals surface area (Å²) < 4.78 is 38.7. The highest BCUT2D eigenvalue weighted by Gasteiger charge is 2.39. The number of allylic oxidation sites excluding steroid dienone is 1. The zero-order valence-corrected chi connectivity index (χ0v) is 14.9. The smallest absolute Gasteiger partial charge is 0.268 e. The van der Waals surface area contributed by atoms with Crippen molar-refractivity contribution in [3.8, 4) is 0 Å². The molecule has 1 aliphatic rings. The molecule has 2 amide bonds. The van der Waals surface area contributed by atoms with Crippen LogP contribution >= 0.6 is 23.4 Å². The molecule has 8 heteroatoms. The number of amides is 2. The van der Waals surface area contributed by atoms with E-state index in [9.17, 15) is 22.8 Å². The number of hydrogen-bond donors (Lipinski definition) is 0. The Bertz CT molecular complexity index is 923. The van der Waals surface area contributed by atoms with Crippen molar-refractivity contribution in [3.05, 3.63) is 69.6 Å². The SMILES string of the molecule is C/C(=C1/SC(=O)N(c2cccc(C(F)(F)F)c2)C1=O)c1ccc(Cl)cc1. The van der Waals surface area contributed by atoms with E-state index in [4.69, 9.17) is 11.6 Å². The molecule has 0 bridgehead atoms. The van der Waals surface area contributed by atoms with E-state index in [0.29, 0.717) is 27.9 Å². The highest BCUT2D eigenvalue weighted by molar-refractivity contribution is 8.19. The Morgan fingerprint density at radius 3 is 2.35 bits per heavy atom. The number of nitrogens with zero attached hydrogens (tertiary/aromatic N) is 1. The number of halogens is 4. The first-order valence-electron chi connectivity index (χ1n) is 7.39. The predicted octanol–water partition coefficient (Wildman–Crippen LogP) is 5.99. The van der Waals surface area contributed by atoms with E-state index in [1.807, 2.05) is 0 Å². The Kier molecular flexibility index (Phi) is 4.86. The summed E-state index contributed by atoms with van der Waals surface area (Å²) in [5, 5.41) is -0.115. The minimum absolute atomic E-state index is 0.110. The lowest BCUT2D eigenvalue weighted by Crippen LogP contribution is -2.28. The summed E-state index contributed by atoms with van der Waals surface area (Å²) in [6.45, 7) is 1.67. The first-order chi connectivity index (χ1) is 12.2. The molecule has 134 valence electrons. The lowest BCUT2D eigenvalue weighted by atomic mass is 10.1. The maximum Gasteiger partial charge on any atom is 0.416 e. The molecule has 0 aromatic heterocycles. The number of hydrogen-bond acceptors (Lipinski definition) is 3. The van der Waals surface area contributed by atoms with Crippen LogP contribution in [0, 0.1) is 0 Å². The highest BCUT2D eigenvalue weighted by Crippen LogP contribution is 2.40. The highest BCUT2D eigenvalue weighted by atomic mass is 35.5. The van der Waals surface area contributed by atoms with E-state index >= 15 is 0 Å². The Hall–Kier alpha value is -2.25. The van der Waals surface area contributed by atoms with Crippen molar-refractivity contribution in [2.75, 3.05) is 4.90 Å². The minimum atomic E-state index is -4.56. The van der Waals surface area contributed by atoms with Gasteiger partial charge in [-0.2, -0.15) is 13.2 Å². The van der Waals surface area contributed by atoms with Gasteiger partial charge in [0, 0.05) is 5.02 Å². The monoisotopic (exact) mass is 397 g/mol. The van der Waals surface area contributed by atoms with Gasteiger partial charge < -0.3 is 0 Å². The first-order valence-corrected chi connectivity index (χ1v) is 8.58. The number of carbonyl (C=O) groups excluding carboxylic acids is 2. The second-order valence-electron chi connectivity index (χ2n) is 5.52. The summed E-state index contributed by atoms with van der Waals surface area (Å²) in [7, 11) is 0. The van der Waals surface area contributed by atoms with Gasteiger partial charge in [-0.3, -0.25) is 9.59 Å². The molecule has 3 nitrogen and oxygen atoms in total. The van der Waals surface area contributed by atoms with Crippen LogP contribution < -0.4 is 4.90 Å². The van der Waals surface area contributed by atoms with Gasteiger partial charge >= 0.3 is 6.18 Å². The number of benzene rings is 2. The maximum absolute atomic E-state index is 12.9. The van der Waals surface area contributed by atoms with Gasteiger partial charge in [0.2, 0.25) is 0 Å². The van der Waals surface area contributed by atoms with Crippen LogP contribution in [-0.4, -0.2) is 11.1 Å². The summed E-state index contributed by atoms with van der Waals surface area (Å²) in [6, 6.07) is 10.8. The molecule has 0 aliphatic carbocycles. The average Bonchev–Trinajstić information content (AvgIpc) is 2.89. The number of alkyl halides is 3. The molecule has 0 spiro atoms. The van der Waals surface area contributed by atoms with Gasteiger partial charge in [0.1, 0.15) is 0 Å². The molecule has 26 heavy (non-hydrogen) atoms. The second kappa shape index (κ2) is 6.81. The maximum atomic E-state index is 12.9. The summed E-state index contributed by atoms with van der Waals surface area (Å²) in [4.78, 5) is 25.9. The molecular weight excluding hydrogens is 387 g/mol. The van der Waals surface area contributed by atoms with E-state index < -0.39 is 22.9 Å². The van der Waals surface area contributed by atoms with Gasteiger partial charge in [0.25, 0.3) is 11.1 Å². The summed E-state index contributed by atoms with van der Waals surface area (Å²) in [5.41, 5.74) is 0.220. The molecule has 2 aromatic carbocycles. The van der Waals surface area contributed by atoms with Crippen molar-refractivity contribution >= 4 is 45.8 Å². The predicted molar refractivity (Wildman–Crippen MR) is 96.0 cm³/mol. The normalized spacial score (nSPS) is 17.0. The van der Waals surface area contributed by atoms with Crippen LogP contribution in [0.2, 0.25) is 5.02 Å². The van der Waals surface area contributed by atoms with Gasteiger partial charge in [-0.25, -0.2) is 4.90 Å². The number of thioether (sulfide) groups is 1. The fourth-order valence-corrected chi connectivity index (χ4v) is 3.50. The van der Waals surface area contributed by atoms with E-state index in [-0.39, 0.29) is 10.6 Å². The van der Waals surface area contributed by atoms with Crippen LogP contribution in [0.25, 0.3) is 5.57 Å². The third-order valence-electron chi connectivity index (χ3n) is 3.82. The number of anilines is 1. The van der Waals surface area contributed by atoms with Crippen LogP contribution in [0.5, 0.6) is 0 Å². The Morgan fingerprint density at radius 2 is 1.73 bits per heavy atom. The third kappa shape index (κ3) is 3.50. The van der Waals surface area contributed by atoms with Crippen LogP contribution in [0.4, 0.5) is 23.7 Å². The second-order valence-corrected chi connectivity index (χ2v) is 6.92. The molecule has 1 fully saturated rings. The lowest BCUT2D eigenvalue weighted by molar-refractivity contribution is -0.137. The van der Waals surface area contributed by atoms with Crippen LogP contribution in [0.1, 0.15) is 18.1 Å². The molecule has 2 aromatic rings. The Morgan fingerprint density at radius 1 is 1.08 bits per heavy atom. The molecule has 0 saturated carbocycles. The fourth-order valence-electron chi connectivity index (χ4n) is 2.47. The quantitative estimate of drug-likeness (QED) is 0.584. The molecule has 3 rings (SSSR count). The third-order valence-corrected chi connectivity index (χ3v) is 5.11. The lowest BCUT2D eigenvalue weighted by Gasteiger charge is -2.15. The number of rotatable bonds is 2. The van der Waals surface area contributed by atoms with E-state index in [2.05, 4.69) is 0 Å². The minimum Gasteiger partial charge on any atom is -0.268 e. The molecule has 1 saturated heterocycles. The van der Waals surface area contributed by atoms with Crippen molar-refractivity contribution in [1.29, 1.82) is 0 Å². The molecule has 1 aliphatic heterocycles. The molecule has 0 radical (unpaired) electrons. The fraction of sp³-hybridized carbons (Fsp3) is 0.111. The number of imide groups is 1. The van der Waals surface area contributed by atoms with Gasteiger partial charge in [0.05, 0.1) is 16.2 Å². The summed E-state index contributed by atoms with van der Waals surface area (Å²) >= 11 is 6.54. The van der Waals surface area contributed by atoms with Crippen molar-refractivity contribution in [3.63, 3.8) is 0 Å². The molecular formula is C18H11ClF3NO2S. The van der Waals surface area contributed by atoms with Gasteiger partial charge in [-0.1, -0.05) is 29.8 Å². The number of carbonyl (C=O) groups is 2. The van der Waals surface area contributed by atoms with Crippen LogP contribution in [-0.2, 0) is 11.0 Å². The summed E-state index contributed by atoms with van der Waals surface area (Å²) in [5.74, 6) is -0.647. The summed E-state index contributed by atoms with van der Waals surface area (Å²) in [6.07, 6.45) is -4.56. The van der Waals surface area contributed by atoms with E-state index in [1.54, 1.807) is 31.2 Å². The molecule has 0 N–H and O–H groups in total. The zero-order chi connectivity index (χ0) is 19.1. The zero-order valence-electron chi connectivity index (χ0n) is 13.3. The van der Waals surface area contributed by atoms with Crippen molar-refractivity contribution in [2.24, 2.45) is 0 Å².